The van der Waals surface area contributed by atoms with Gasteiger partial charge in [0.25, 0.3) is 0 Å². The van der Waals surface area contributed by atoms with E-state index in [9.17, 15) is 4.79 Å². The number of rotatable bonds is 8. The highest BCUT2D eigenvalue weighted by Gasteiger charge is 2.69. The second-order valence-corrected chi connectivity index (χ2v) is 10.4. The first-order chi connectivity index (χ1) is 16.4. The largest absolute Gasteiger partial charge is 0.493 e. The Labute approximate surface area is 201 Å². The molecule has 4 saturated heterocycles. The first-order valence-corrected chi connectivity index (χ1v) is 12.5. The van der Waals surface area contributed by atoms with Crippen LogP contribution in [0, 0.1) is 23.7 Å². The molecule has 1 spiro atoms. The van der Waals surface area contributed by atoms with E-state index in [4.69, 9.17) is 33.5 Å². The Hall–Kier alpha value is -1.71. The van der Waals surface area contributed by atoms with Gasteiger partial charge in [0.05, 0.1) is 20.3 Å². The Kier molecular flexibility index (Phi) is 6.63. The van der Waals surface area contributed by atoms with E-state index in [1.165, 1.54) is 0 Å². The maximum Gasteiger partial charge on any atom is 0.201 e. The third-order valence-corrected chi connectivity index (χ3v) is 8.25. The average molecular weight is 477 g/mol. The van der Waals surface area contributed by atoms with Gasteiger partial charge in [-0.3, -0.25) is 4.79 Å². The summed E-state index contributed by atoms with van der Waals surface area (Å²) in [6.07, 6.45) is 4.58. The lowest BCUT2D eigenvalue weighted by Crippen LogP contribution is -2.70. The first-order valence-electron chi connectivity index (χ1n) is 12.5. The van der Waals surface area contributed by atoms with E-state index in [0.29, 0.717) is 48.5 Å². The van der Waals surface area contributed by atoms with E-state index in [0.717, 1.165) is 32.0 Å². The van der Waals surface area contributed by atoms with Crippen molar-refractivity contribution in [2.45, 2.75) is 76.8 Å². The minimum Gasteiger partial charge on any atom is -0.493 e. The van der Waals surface area contributed by atoms with Crippen LogP contribution in [0.5, 0.6) is 11.5 Å². The Morgan fingerprint density at radius 3 is 2.74 bits per heavy atom. The second-order valence-electron chi connectivity index (χ2n) is 10.4. The van der Waals surface area contributed by atoms with Crippen molar-refractivity contribution < 1.29 is 38.3 Å². The quantitative estimate of drug-likeness (QED) is 0.308. The fourth-order valence-electron chi connectivity index (χ4n) is 6.38. The predicted molar refractivity (Wildman–Crippen MR) is 121 cm³/mol. The monoisotopic (exact) mass is 476 g/mol. The summed E-state index contributed by atoms with van der Waals surface area (Å²) >= 11 is 0. The minimum absolute atomic E-state index is 0.145. The average Bonchev–Trinajstić information content (AvgIpc) is 3.07. The molecule has 4 aliphatic heterocycles. The molecule has 0 aromatic heterocycles. The van der Waals surface area contributed by atoms with Crippen LogP contribution in [0.25, 0.3) is 0 Å². The summed E-state index contributed by atoms with van der Waals surface area (Å²) in [5.74, 6) is 1.62. The highest BCUT2D eigenvalue weighted by Crippen LogP contribution is 2.60. The van der Waals surface area contributed by atoms with Gasteiger partial charge in [-0.25, -0.2) is 9.78 Å². The Morgan fingerprint density at radius 1 is 1.09 bits per heavy atom. The molecule has 1 aromatic rings. The summed E-state index contributed by atoms with van der Waals surface area (Å²) in [7, 11) is 1.58. The molecule has 1 saturated carbocycles. The number of carbonyl (C=O) groups excluding carboxylic acids is 1. The zero-order valence-electron chi connectivity index (χ0n) is 20.5. The molecule has 1 aliphatic carbocycles. The number of benzene rings is 1. The van der Waals surface area contributed by atoms with Gasteiger partial charge in [-0.1, -0.05) is 13.8 Å². The van der Waals surface area contributed by atoms with Crippen LogP contribution in [0.3, 0.4) is 0 Å². The standard InChI is InChI=1S/C26H36O8/c1-16-6-8-20-17(2)23(31-24-26(20)19(16)10-11-25(3,32-24)33-34-26)30-13-5-12-29-22-14-18(15-27)7-9-21(22)28-4/h7,9,14-17,19-20,23-24H,5-6,8,10-13H2,1-4H3/t16-,17-,19?,20+,23+,24-,25-,26-/m1/s1. The molecule has 5 aliphatic rings. The van der Waals surface area contributed by atoms with E-state index >= 15 is 0 Å². The lowest BCUT2D eigenvalue weighted by Gasteiger charge is -2.60. The SMILES string of the molecule is COc1ccc(C=O)cc1OCCCO[C@H]1O[C@@H]2O[C@@]3(C)CCC4[C@H](C)CC[C@@H]([C@H]1C)[C@]42OO3. The summed E-state index contributed by atoms with van der Waals surface area (Å²) in [5.41, 5.74) is -0.0287. The molecular formula is C26H36O8. The summed E-state index contributed by atoms with van der Waals surface area (Å²) in [6, 6.07) is 5.11. The fourth-order valence-corrected chi connectivity index (χ4v) is 6.38. The van der Waals surface area contributed by atoms with Gasteiger partial charge in [-0.15, -0.1) is 0 Å². The van der Waals surface area contributed by atoms with Crippen molar-refractivity contribution >= 4 is 6.29 Å². The number of carbonyl (C=O) groups is 1. The molecule has 4 heterocycles. The molecule has 8 atom stereocenters. The van der Waals surface area contributed by atoms with Crippen LogP contribution in [0.2, 0.25) is 0 Å². The molecule has 6 rings (SSSR count). The van der Waals surface area contributed by atoms with Gasteiger partial charge in [0.1, 0.15) is 6.29 Å². The van der Waals surface area contributed by atoms with Crippen molar-refractivity contribution in [2.75, 3.05) is 20.3 Å². The van der Waals surface area contributed by atoms with E-state index in [1.54, 1.807) is 25.3 Å². The summed E-state index contributed by atoms with van der Waals surface area (Å²) in [6.45, 7) is 7.33. The van der Waals surface area contributed by atoms with Crippen LogP contribution < -0.4 is 9.47 Å². The predicted octanol–water partition coefficient (Wildman–Crippen LogP) is 4.50. The van der Waals surface area contributed by atoms with Crippen LogP contribution in [0.1, 0.15) is 63.2 Å². The van der Waals surface area contributed by atoms with E-state index in [-0.39, 0.29) is 18.1 Å². The molecule has 0 radical (unpaired) electrons. The second kappa shape index (κ2) is 9.39. The van der Waals surface area contributed by atoms with Crippen molar-refractivity contribution in [2.24, 2.45) is 23.7 Å². The van der Waals surface area contributed by atoms with E-state index in [1.807, 2.05) is 6.92 Å². The van der Waals surface area contributed by atoms with Gasteiger partial charge < -0.3 is 23.7 Å². The third-order valence-electron chi connectivity index (χ3n) is 8.25. The third kappa shape index (κ3) is 4.03. The van der Waals surface area contributed by atoms with Gasteiger partial charge in [-0.05, 0) is 56.2 Å². The number of aldehydes is 1. The molecule has 0 N–H and O–H groups in total. The Morgan fingerprint density at radius 2 is 1.94 bits per heavy atom. The van der Waals surface area contributed by atoms with Crippen LogP contribution >= 0.6 is 0 Å². The maximum absolute atomic E-state index is 11.1. The van der Waals surface area contributed by atoms with Crippen LogP contribution in [0.15, 0.2) is 18.2 Å². The summed E-state index contributed by atoms with van der Waals surface area (Å²) < 4.78 is 30.2. The van der Waals surface area contributed by atoms with Crippen LogP contribution in [-0.2, 0) is 24.0 Å². The van der Waals surface area contributed by atoms with Gasteiger partial charge in [0, 0.05) is 30.2 Å². The van der Waals surface area contributed by atoms with Gasteiger partial charge in [-0.2, -0.15) is 0 Å². The highest BCUT2D eigenvalue weighted by molar-refractivity contribution is 5.76. The fraction of sp³-hybridized carbons (Fsp3) is 0.731. The molecule has 8 nitrogen and oxygen atoms in total. The Balaban J connectivity index is 1.21. The van der Waals surface area contributed by atoms with Gasteiger partial charge in [0.2, 0.25) is 5.79 Å². The molecule has 1 aromatic carbocycles. The van der Waals surface area contributed by atoms with Crippen molar-refractivity contribution in [1.29, 1.82) is 0 Å². The number of hydrogen-bond acceptors (Lipinski definition) is 8. The zero-order valence-corrected chi connectivity index (χ0v) is 20.5. The smallest absolute Gasteiger partial charge is 0.201 e. The summed E-state index contributed by atoms with van der Waals surface area (Å²) in [5, 5.41) is 0. The molecule has 2 bridgehead atoms. The molecule has 8 heteroatoms. The molecule has 0 amide bonds. The first kappa shape index (κ1) is 24.0. The Bertz CT molecular complexity index is 892. The highest BCUT2D eigenvalue weighted by atomic mass is 17.3. The number of methoxy groups -OCH3 is 1. The van der Waals surface area contributed by atoms with Crippen molar-refractivity contribution in [3.05, 3.63) is 23.8 Å². The van der Waals surface area contributed by atoms with Crippen molar-refractivity contribution in [3.8, 4) is 11.5 Å². The van der Waals surface area contributed by atoms with Gasteiger partial charge >= 0.3 is 0 Å². The van der Waals surface area contributed by atoms with E-state index in [2.05, 4.69) is 13.8 Å². The molecule has 188 valence electrons. The van der Waals surface area contributed by atoms with Gasteiger partial charge in [0.15, 0.2) is 29.7 Å². The summed E-state index contributed by atoms with van der Waals surface area (Å²) in [4.78, 5) is 23.1. The van der Waals surface area contributed by atoms with Crippen LogP contribution in [0.4, 0.5) is 0 Å². The lowest BCUT2D eigenvalue weighted by atomic mass is 9.58. The number of fused-ring (bicyclic) bond motifs is 2. The molecular weight excluding hydrogens is 440 g/mol. The topological polar surface area (TPSA) is 81.7 Å². The number of ether oxygens (including phenoxy) is 5. The number of hydrogen-bond donors (Lipinski definition) is 0. The zero-order chi connectivity index (χ0) is 23.9. The molecule has 34 heavy (non-hydrogen) atoms. The van der Waals surface area contributed by atoms with Crippen LogP contribution in [-0.4, -0.2) is 50.6 Å². The van der Waals surface area contributed by atoms with E-state index < -0.39 is 17.7 Å². The molecule has 1 unspecified atom stereocenters. The molecule has 5 fully saturated rings. The maximum atomic E-state index is 11.1. The lowest BCUT2D eigenvalue weighted by molar-refractivity contribution is -0.577. The van der Waals surface area contributed by atoms with Crippen molar-refractivity contribution in [3.63, 3.8) is 0 Å². The normalized spacial score (nSPS) is 40.8. The van der Waals surface area contributed by atoms with Crippen molar-refractivity contribution in [1.82, 2.24) is 0 Å². The minimum atomic E-state index is -0.786.